The van der Waals surface area contributed by atoms with Gasteiger partial charge >= 0.3 is 6.09 Å². The van der Waals surface area contributed by atoms with E-state index in [4.69, 9.17) is 16.9 Å². The monoisotopic (exact) mass is 283 g/mol. The molecule has 0 aliphatic rings. The van der Waals surface area contributed by atoms with Crippen LogP contribution in [0.3, 0.4) is 0 Å². The van der Waals surface area contributed by atoms with Gasteiger partial charge in [-0.15, -0.1) is 6.42 Å². The molecule has 114 valence electrons. The topological polar surface area (TPSA) is 95.7 Å². The third-order valence-electron chi connectivity index (χ3n) is 3.20. The Kier molecular flexibility index (Phi) is 6.37. The van der Waals surface area contributed by atoms with E-state index in [9.17, 15) is 14.7 Å². The van der Waals surface area contributed by atoms with Crippen molar-refractivity contribution in [3.05, 3.63) is 0 Å². The van der Waals surface area contributed by atoms with Gasteiger partial charge in [-0.05, 0) is 20.3 Å². The Labute approximate surface area is 120 Å². The summed E-state index contributed by atoms with van der Waals surface area (Å²) < 4.78 is 4.83. The van der Waals surface area contributed by atoms with E-state index in [-0.39, 0.29) is 13.2 Å². The molecule has 0 bridgehead atoms. The molecule has 0 radical (unpaired) electrons. The summed E-state index contributed by atoms with van der Waals surface area (Å²) in [5.74, 6) is 2.42. The third kappa shape index (κ3) is 5.39. The fourth-order valence-electron chi connectivity index (χ4n) is 2.00. The summed E-state index contributed by atoms with van der Waals surface area (Å²) in [5.41, 5.74) is 3.39. The van der Waals surface area contributed by atoms with Gasteiger partial charge in [0.2, 0.25) is 0 Å². The van der Waals surface area contributed by atoms with Gasteiger partial charge in [-0.2, -0.15) is 0 Å². The number of nitrogens with zero attached hydrogens (tertiary/aromatic N) is 1. The second-order valence-corrected chi connectivity index (χ2v) is 5.72. The Hall–Kier alpha value is -1.90. The summed E-state index contributed by atoms with van der Waals surface area (Å²) in [6.07, 6.45) is 4.59. The molecule has 0 aromatic carbocycles. The number of primary amides is 1. The standard InChI is InChI=1S/C14H24N2O4/c1-6-8-14(5,10-20-11(15)17)9-16(12(18)19)13(3,4)7-2/h2H,6,8-10H2,1,3-5H3,(H2,15,17)(H,18,19)/p-1. The maximum absolute atomic E-state index is 11.3. The number of terminal acetylenes is 1. The molecule has 20 heavy (non-hydrogen) atoms. The van der Waals surface area contributed by atoms with Gasteiger partial charge in [0.05, 0.1) is 5.54 Å². The lowest BCUT2D eigenvalue weighted by Crippen LogP contribution is -2.56. The summed E-state index contributed by atoms with van der Waals surface area (Å²) in [5, 5.41) is 11.3. The summed E-state index contributed by atoms with van der Waals surface area (Å²) in [6, 6.07) is 0. The molecule has 0 saturated carbocycles. The first-order chi connectivity index (χ1) is 9.08. The molecule has 6 nitrogen and oxygen atoms in total. The maximum Gasteiger partial charge on any atom is 0.404 e. The second kappa shape index (κ2) is 7.04. The van der Waals surface area contributed by atoms with Gasteiger partial charge in [0.25, 0.3) is 0 Å². The van der Waals surface area contributed by atoms with Crippen LogP contribution in [0.15, 0.2) is 0 Å². The molecular weight excluding hydrogens is 260 g/mol. The van der Waals surface area contributed by atoms with Gasteiger partial charge in [-0.25, -0.2) is 4.79 Å². The fourth-order valence-corrected chi connectivity index (χ4v) is 2.00. The van der Waals surface area contributed by atoms with Crippen LogP contribution in [0.4, 0.5) is 9.59 Å². The molecule has 1 unspecified atom stereocenters. The first-order valence-electron chi connectivity index (χ1n) is 6.46. The van der Waals surface area contributed by atoms with Crippen LogP contribution in [0.1, 0.15) is 40.5 Å². The first-order valence-corrected chi connectivity index (χ1v) is 6.46. The van der Waals surface area contributed by atoms with Gasteiger partial charge in [-0.1, -0.05) is 26.2 Å². The zero-order chi connectivity index (χ0) is 16.0. The minimum Gasteiger partial charge on any atom is -0.530 e. The minimum atomic E-state index is -1.35. The molecule has 0 aliphatic carbocycles. The van der Waals surface area contributed by atoms with Crippen molar-refractivity contribution >= 4 is 12.2 Å². The predicted molar refractivity (Wildman–Crippen MR) is 73.6 cm³/mol. The average molecular weight is 283 g/mol. The third-order valence-corrected chi connectivity index (χ3v) is 3.20. The molecule has 0 rings (SSSR count). The zero-order valence-corrected chi connectivity index (χ0v) is 12.6. The van der Waals surface area contributed by atoms with E-state index >= 15 is 0 Å². The highest BCUT2D eigenvalue weighted by molar-refractivity contribution is 5.65. The number of hydrogen-bond donors (Lipinski definition) is 1. The zero-order valence-electron chi connectivity index (χ0n) is 12.6. The first kappa shape index (κ1) is 18.1. The van der Waals surface area contributed by atoms with E-state index in [1.165, 1.54) is 0 Å². The van der Waals surface area contributed by atoms with Crippen molar-refractivity contribution in [2.45, 2.75) is 46.1 Å². The SMILES string of the molecule is C#CC(C)(C)N(CC(C)(CCC)COC(N)=O)C(=O)[O-]. The van der Waals surface area contributed by atoms with Gasteiger partial charge in [0.1, 0.15) is 12.7 Å². The van der Waals surface area contributed by atoms with Crippen LogP contribution < -0.4 is 10.8 Å². The highest BCUT2D eigenvalue weighted by Gasteiger charge is 2.34. The molecule has 1 atom stereocenters. The van der Waals surface area contributed by atoms with Crippen molar-refractivity contribution in [2.75, 3.05) is 13.2 Å². The molecule has 6 heteroatoms. The van der Waals surface area contributed by atoms with E-state index in [0.717, 1.165) is 11.3 Å². The summed E-state index contributed by atoms with van der Waals surface area (Å²) in [6.45, 7) is 7.14. The van der Waals surface area contributed by atoms with Crippen LogP contribution in [0.25, 0.3) is 0 Å². The van der Waals surface area contributed by atoms with E-state index in [0.29, 0.717) is 6.42 Å². The lowest BCUT2D eigenvalue weighted by molar-refractivity contribution is -0.271. The molecule has 0 fully saturated rings. The van der Waals surface area contributed by atoms with E-state index in [1.54, 1.807) is 13.8 Å². The average Bonchev–Trinajstić information content (AvgIpc) is 2.34. The Balaban J connectivity index is 5.15. The highest BCUT2D eigenvalue weighted by Crippen LogP contribution is 2.28. The number of carboxylic acid groups (broad SMARTS) is 1. The smallest absolute Gasteiger partial charge is 0.404 e. The van der Waals surface area contributed by atoms with Crippen molar-refractivity contribution in [1.29, 1.82) is 0 Å². The van der Waals surface area contributed by atoms with Gasteiger partial charge in [-0.3, -0.25) is 0 Å². The number of carbonyl (C=O) groups is 2. The minimum absolute atomic E-state index is 0.0284. The van der Waals surface area contributed by atoms with Crippen LogP contribution >= 0.6 is 0 Å². The van der Waals surface area contributed by atoms with E-state index in [2.05, 4.69) is 5.92 Å². The number of rotatable bonds is 7. The Morgan fingerprint density at radius 3 is 2.30 bits per heavy atom. The van der Waals surface area contributed by atoms with Crippen LogP contribution in [-0.2, 0) is 4.74 Å². The lowest BCUT2D eigenvalue weighted by atomic mass is 9.84. The molecular formula is C14H23N2O4-. The lowest BCUT2D eigenvalue weighted by Gasteiger charge is -2.43. The van der Waals surface area contributed by atoms with Crippen molar-refractivity contribution in [3.63, 3.8) is 0 Å². The van der Waals surface area contributed by atoms with Crippen LogP contribution in [0.5, 0.6) is 0 Å². The Morgan fingerprint density at radius 1 is 1.40 bits per heavy atom. The van der Waals surface area contributed by atoms with E-state index in [1.807, 2.05) is 13.8 Å². The number of hydrogen-bond acceptors (Lipinski definition) is 4. The highest BCUT2D eigenvalue weighted by atomic mass is 16.5. The van der Waals surface area contributed by atoms with Gasteiger partial charge < -0.3 is 25.3 Å². The number of ether oxygens (including phenoxy) is 1. The summed E-state index contributed by atoms with van der Waals surface area (Å²) >= 11 is 0. The number of carbonyl (C=O) groups excluding carboxylic acids is 2. The van der Waals surface area contributed by atoms with Crippen molar-refractivity contribution in [3.8, 4) is 12.3 Å². The number of amides is 2. The van der Waals surface area contributed by atoms with Crippen molar-refractivity contribution < 1.29 is 19.4 Å². The van der Waals surface area contributed by atoms with Crippen molar-refractivity contribution in [2.24, 2.45) is 11.1 Å². The molecule has 2 amide bonds. The molecule has 2 N–H and O–H groups in total. The maximum atomic E-state index is 11.3. The van der Waals surface area contributed by atoms with E-state index < -0.39 is 23.1 Å². The summed E-state index contributed by atoms with van der Waals surface area (Å²) in [7, 11) is 0. The quantitative estimate of drug-likeness (QED) is 0.703. The molecule has 0 spiro atoms. The molecule has 0 heterocycles. The molecule has 0 aliphatic heterocycles. The molecule has 0 saturated heterocycles. The fraction of sp³-hybridized carbons (Fsp3) is 0.714. The molecule has 0 aromatic rings. The summed E-state index contributed by atoms with van der Waals surface area (Å²) in [4.78, 5) is 23.1. The van der Waals surface area contributed by atoms with Crippen LogP contribution in [0.2, 0.25) is 0 Å². The van der Waals surface area contributed by atoms with Gasteiger partial charge in [0, 0.05) is 12.0 Å². The Bertz CT molecular complexity index is 400. The van der Waals surface area contributed by atoms with Crippen LogP contribution in [0, 0.1) is 17.8 Å². The Morgan fingerprint density at radius 2 is 1.95 bits per heavy atom. The largest absolute Gasteiger partial charge is 0.530 e. The predicted octanol–water partition coefficient (Wildman–Crippen LogP) is 0.945. The number of nitrogens with two attached hydrogens (primary N) is 1. The normalized spacial score (nSPS) is 13.9. The van der Waals surface area contributed by atoms with Crippen molar-refractivity contribution in [1.82, 2.24) is 4.90 Å². The second-order valence-electron chi connectivity index (χ2n) is 5.72. The molecule has 0 aromatic heterocycles. The van der Waals surface area contributed by atoms with Crippen LogP contribution in [-0.4, -0.2) is 35.8 Å². The van der Waals surface area contributed by atoms with Gasteiger partial charge in [0.15, 0.2) is 0 Å².